The van der Waals surface area contributed by atoms with Crippen LogP contribution in [0.15, 0.2) is 42.5 Å². The van der Waals surface area contributed by atoms with Crippen molar-refractivity contribution in [3.63, 3.8) is 0 Å². The number of pyridine rings is 1. The molecule has 3 aromatic rings. The third-order valence-corrected chi connectivity index (χ3v) is 5.69. The second-order valence-corrected chi connectivity index (χ2v) is 8.17. The van der Waals surface area contributed by atoms with E-state index in [0.717, 1.165) is 53.3 Å². The van der Waals surface area contributed by atoms with Crippen molar-refractivity contribution in [2.75, 3.05) is 13.7 Å². The predicted octanol–water partition coefficient (Wildman–Crippen LogP) is 4.89. The number of likely N-dealkylation sites (tertiary alicyclic amines) is 1. The number of aryl methyl sites for hydroxylation is 1. The van der Waals surface area contributed by atoms with Crippen molar-refractivity contribution < 1.29 is 9.53 Å². The van der Waals surface area contributed by atoms with Crippen molar-refractivity contribution in [1.29, 1.82) is 0 Å². The van der Waals surface area contributed by atoms with E-state index >= 15 is 0 Å². The molecule has 0 spiro atoms. The Morgan fingerprint density at radius 2 is 1.93 bits per heavy atom. The number of ether oxygens (including phenoxy) is 1. The van der Waals surface area contributed by atoms with Gasteiger partial charge in [-0.3, -0.25) is 14.9 Å². The zero-order chi connectivity index (χ0) is 21.3. The van der Waals surface area contributed by atoms with Gasteiger partial charge in [-0.1, -0.05) is 26.0 Å². The molecule has 30 heavy (non-hydrogen) atoms. The maximum atomic E-state index is 13.2. The summed E-state index contributed by atoms with van der Waals surface area (Å²) in [7, 11) is 1.67. The highest BCUT2D eigenvalue weighted by molar-refractivity contribution is 5.93. The molecule has 2 aromatic heterocycles. The van der Waals surface area contributed by atoms with Crippen molar-refractivity contribution in [3.05, 3.63) is 65.2 Å². The lowest BCUT2D eigenvalue weighted by atomic mass is 10.0. The molecule has 6 heteroatoms. The van der Waals surface area contributed by atoms with Gasteiger partial charge in [0, 0.05) is 17.9 Å². The van der Waals surface area contributed by atoms with Gasteiger partial charge in [0.2, 0.25) is 0 Å². The minimum absolute atomic E-state index is 0.0325. The minimum Gasteiger partial charge on any atom is -0.497 e. The molecule has 0 unspecified atom stereocenters. The standard InChI is InChI=1S/C24H28N4O2/c1-15(2)20-14-22(27-26-20)24(29)28-11-5-6-23(28)21-13-18(12-16(3)25-21)17-7-9-19(30-4)10-8-17/h7-10,12-15,23H,5-6,11H2,1-4H3,(H,26,27)/t23-/m0/s1. The van der Waals surface area contributed by atoms with E-state index in [4.69, 9.17) is 9.72 Å². The number of methoxy groups -OCH3 is 1. The number of aromatic amines is 1. The maximum absolute atomic E-state index is 13.2. The number of nitrogens with one attached hydrogen (secondary N) is 1. The number of benzene rings is 1. The number of amides is 1. The Hall–Kier alpha value is -3.15. The highest BCUT2D eigenvalue weighted by Crippen LogP contribution is 2.34. The Bertz CT molecular complexity index is 1040. The number of nitrogens with zero attached hydrogens (tertiary/aromatic N) is 3. The molecule has 1 amide bonds. The van der Waals surface area contributed by atoms with Gasteiger partial charge in [0.15, 0.2) is 0 Å². The van der Waals surface area contributed by atoms with Crippen LogP contribution in [-0.4, -0.2) is 39.6 Å². The Kier molecular flexibility index (Phi) is 5.57. The molecule has 3 heterocycles. The largest absolute Gasteiger partial charge is 0.497 e. The van der Waals surface area contributed by atoms with Gasteiger partial charge in [-0.25, -0.2) is 0 Å². The van der Waals surface area contributed by atoms with Crippen LogP contribution in [-0.2, 0) is 0 Å². The third kappa shape index (κ3) is 3.95. The van der Waals surface area contributed by atoms with Gasteiger partial charge >= 0.3 is 0 Å². The van der Waals surface area contributed by atoms with Gasteiger partial charge in [-0.15, -0.1) is 0 Å². The first kappa shape index (κ1) is 20.1. The fourth-order valence-electron chi connectivity index (χ4n) is 4.02. The molecular weight excluding hydrogens is 376 g/mol. The fraction of sp³-hybridized carbons (Fsp3) is 0.375. The smallest absolute Gasteiger partial charge is 0.274 e. The molecule has 1 saturated heterocycles. The highest BCUT2D eigenvalue weighted by Gasteiger charge is 2.33. The van der Waals surface area contributed by atoms with Crippen LogP contribution in [0.5, 0.6) is 5.75 Å². The first-order valence-corrected chi connectivity index (χ1v) is 10.5. The maximum Gasteiger partial charge on any atom is 0.274 e. The van der Waals surface area contributed by atoms with Crippen molar-refractivity contribution >= 4 is 5.91 Å². The molecule has 0 radical (unpaired) electrons. The first-order chi connectivity index (χ1) is 14.5. The number of hydrogen-bond donors (Lipinski definition) is 1. The molecule has 6 nitrogen and oxygen atoms in total. The number of aromatic nitrogens is 3. The molecule has 0 saturated carbocycles. The van der Waals surface area contributed by atoms with E-state index in [1.807, 2.05) is 42.2 Å². The van der Waals surface area contributed by atoms with Gasteiger partial charge in [0.25, 0.3) is 5.91 Å². The summed E-state index contributed by atoms with van der Waals surface area (Å²) >= 11 is 0. The monoisotopic (exact) mass is 404 g/mol. The second-order valence-electron chi connectivity index (χ2n) is 8.17. The molecule has 1 aromatic carbocycles. The molecule has 1 fully saturated rings. The number of carbonyl (C=O) groups excluding carboxylic acids is 1. The molecule has 0 bridgehead atoms. The Morgan fingerprint density at radius 1 is 1.17 bits per heavy atom. The fourth-order valence-corrected chi connectivity index (χ4v) is 4.02. The van der Waals surface area contributed by atoms with Gasteiger partial charge in [0.1, 0.15) is 11.4 Å². The van der Waals surface area contributed by atoms with E-state index in [1.54, 1.807) is 7.11 Å². The minimum atomic E-state index is -0.0337. The summed E-state index contributed by atoms with van der Waals surface area (Å²) in [5.41, 5.74) is 5.54. The molecule has 156 valence electrons. The number of hydrogen-bond acceptors (Lipinski definition) is 4. The average Bonchev–Trinajstić information content (AvgIpc) is 3.43. The second kappa shape index (κ2) is 8.30. The molecule has 1 atom stereocenters. The highest BCUT2D eigenvalue weighted by atomic mass is 16.5. The Labute approximate surface area is 177 Å². The number of H-pyrrole nitrogens is 1. The van der Waals surface area contributed by atoms with Crippen LogP contribution in [0.3, 0.4) is 0 Å². The normalized spacial score (nSPS) is 16.3. The van der Waals surface area contributed by atoms with Crippen LogP contribution in [0.4, 0.5) is 0 Å². The van der Waals surface area contributed by atoms with Crippen molar-refractivity contribution in [1.82, 2.24) is 20.1 Å². The Balaban J connectivity index is 1.63. The first-order valence-electron chi connectivity index (χ1n) is 10.5. The van der Waals surface area contributed by atoms with Crippen LogP contribution in [0.25, 0.3) is 11.1 Å². The van der Waals surface area contributed by atoms with Crippen molar-refractivity contribution in [2.45, 2.75) is 45.6 Å². The lowest BCUT2D eigenvalue weighted by molar-refractivity contribution is 0.0727. The lowest BCUT2D eigenvalue weighted by Gasteiger charge is -2.24. The van der Waals surface area contributed by atoms with Crippen LogP contribution < -0.4 is 4.74 Å². The zero-order valence-electron chi connectivity index (χ0n) is 18.0. The SMILES string of the molecule is COc1ccc(-c2cc(C)nc([C@@H]3CCCN3C(=O)c3cc(C(C)C)[nH]n3)c2)cc1. The third-order valence-electron chi connectivity index (χ3n) is 5.69. The quantitative estimate of drug-likeness (QED) is 0.657. The van der Waals surface area contributed by atoms with E-state index in [1.165, 1.54) is 0 Å². The van der Waals surface area contributed by atoms with Crippen LogP contribution in [0.1, 0.15) is 66.2 Å². The van der Waals surface area contributed by atoms with E-state index in [2.05, 4.69) is 36.2 Å². The van der Waals surface area contributed by atoms with Gasteiger partial charge in [0.05, 0.1) is 18.8 Å². The predicted molar refractivity (Wildman–Crippen MR) is 117 cm³/mol. The molecule has 1 N–H and O–H groups in total. The van der Waals surface area contributed by atoms with Crippen LogP contribution >= 0.6 is 0 Å². The summed E-state index contributed by atoms with van der Waals surface area (Å²) in [5, 5.41) is 7.25. The van der Waals surface area contributed by atoms with Gasteiger partial charge in [-0.05, 0) is 67.1 Å². The average molecular weight is 405 g/mol. The summed E-state index contributed by atoms with van der Waals surface area (Å²) < 4.78 is 5.27. The van der Waals surface area contributed by atoms with Crippen molar-refractivity contribution in [2.24, 2.45) is 0 Å². The van der Waals surface area contributed by atoms with E-state index in [-0.39, 0.29) is 11.9 Å². The van der Waals surface area contributed by atoms with E-state index in [0.29, 0.717) is 11.6 Å². The molecule has 0 aliphatic carbocycles. The molecule has 4 rings (SSSR count). The molecular formula is C24H28N4O2. The van der Waals surface area contributed by atoms with E-state index < -0.39 is 0 Å². The molecule has 1 aliphatic heterocycles. The summed E-state index contributed by atoms with van der Waals surface area (Å²) in [6, 6.07) is 14.0. The number of carbonyl (C=O) groups is 1. The van der Waals surface area contributed by atoms with Gasteiger partial charge < -0.3 is 9.64 Å². The van der Waals surface area contributed by atoms with Crippen LogP contribution in [0.2, 0.25) is 0 Å². The summed E-state index contributed by atoms with van der Waals surface area (Å²) in [6.45, 7) is 6.89. The summed E-state index contributed by atoms with van der Waals surface area (Å²) in [4.78, 5) is 19.9. The van der Waals surface area contributed by atoms with Gasteiger partial charge in [-0.2, -0.15) is 5.10 Å². The summed E-state index contributed by atoms with van der Waals surface area (Å²) in [5.74, 6) is 1.10. The van der Waals surface area contributed by atoms with Crippen molar-refractivity contribution in [3.8, 4) is 16.9 Å². The number of rotatable bonds is 5. The van der Waals surface area contributed by atoms with Crippen LogP contribution in [0, 0.1) is 6.92 Å². The summed E-state index contributed by atoms with van der Waals surface area (Å²) in [6.07, 6.45) is 1.87. The zero-order valence-corrected chi connectivity index (χ0v) is 18.0. The Morgan fingerprint density at radius 3 is 2.60 bits per heavy atom. The molecule has 1 aliphatic rings. The topological polar surface area (TPSA) is 71.1 Å². The lowest BCUT2D eigenvalue weighted by Crippen LogP contribution is -2.31. The van der Waals surface area contributed by atoms with E-state index in [9.17, 15) is 4.79 Å².